The number of hydrogen-bond donors (Lipinski definition) is 1. The second kappa shape index (κ2) is 10.6. The highest BCUT2D eigenvalue weighted by atomic mass is 16.4. The molecular formula is C35H53NO4. The van der Waals surface area contributed by atoms with E-state index in [1.165, 1.54) is 0 Å². The normalized spacial score (nSPS) is 35.0. The highest BCUT2D eigenvalue weighted by molar-refractivity contribution is 6.04. The van der Waals surface area contributed by atoms with Crippen LogP contribution in [0.15, 0.2) is 23.3 Å². The van der Waals surface area contributed by atoms with E-state index in [1.807, 2.05) is 26.0 Å². The van der Waals surface area contributed by atoms with Gasteiger partial charge in [0.2, 0.25) is 0 Å². The molecule has 6 atom stereocenters. The third-order valence-electron chi connectivity index (χ3n) is 12.6. The average molecular weight is 552 g/mol. The highest BCUT2D eigenvalue weighted by Gasteiger charge is 2.64. The van der Waals surface area contributed by atoms with E-state index >= 15 is 0 Å². The van der Waals surface area contributed by atoms with Crippen molar-refractivity contribution in [2.45, 2.75) is 127 Å². The van der Waals surface area contributed by atoms with E-state index in [-0.39, 0.29) is 57.1 Å². The van der Waals surface area contributed by atoms with Crippen LogP contribution in [0.1, 0.15) is 127 Å². The zero-order chi connectivity index (χ0) is 30.5. The maximum absolute atomic E-state index is 13.7. The van der Waals surface area contributed by atoms with Gasteiger partial charge < -0.3 is 5.11 Å². The number of Topliss-reactive ketones (excluding diaryl/α,β-unsaturated/α-hetero) is 1. The van der Waals surface area contributed by atoms with Crippen molar-refractivity contribution < 1.29 is 19.5 Å². The molecule has 0 bridgehead atoms. The molecule has 1 saturated carbocycles. The van der Waals surface area contributed by atoms with E-state index in [0.717, 1.165) is 50.5 Å². The SMILES string of the molecule is CCC(C)(C)CC[C@](C)(CCC(=O)O)CC[C@]1(C)C(C)C(=O)C=C2[C@@]3(C)C=C(C#N)C(=O)C(C)(C)[C@@H]3CC[C@]21C. The van der Waals surface area contributed by atoms with Gasteiger partial charge in [0.25, 0.3) is 0 Å². The molecule has 0 spiro atoms. The van der Waals surface area contributed by atoms with E-state index < -0.39 is 16.8 Å². The minimum atomic E-state index is -0.758. The molecule has 0 saturated heterocycles. The average Bonchev–Trinajstić information content (AvgIpc) is 2.88. The Kier molecular flexibility index (Phi) is 8.53. The molecule has 3 aliphatic rings. The molecule has 3 rings (SSSR count). The molecule has 1 fully saturated rings. The molecule has 5 heteroatoms. The van der Waals surface area contributed by atoms with Crippen molar-refractivity contribution in [2.75, 3.05) is 0 Å². The quantitative estimate of drug-likeness (QED) is 0.294. The van der Waals surface area contributed by atoms with E-state index in [0.29, 0.717) is 6.42 Å². The summed E-state index contributed by atoms with van der Waals surface area (Å²) in [6.45, 7) is 21.7. The monoisotopic (exact) mass is 551 g/mol. The number of aliphatic carboxylic acids is 1. The number of carbonyl (C=O) groups is 3. The van der Waals surface area contributed by atoms with Crippen molar-refractivity contribution in [1.82, 2.24) is 0 Å². The molecule has 0 amide bonds. The van der Waals surface area contributed by atoms with Crippen molar-refractivity contribution in [3.63, 3.8) is 0 Å². The number of ketones is 2. The van der Waals surface area contributed by atoms with Gasteiger partial charge in [-0.15, -0.1) is 0 Å². The van der Waals surface area contributed by atoms with Crippen molar-refractivity contribution in [3.8, 4) is 6.07 Å². The molecule has 1 N–H and O–H groups in total. The first-order chi connectivity index (χ1) is 18.2. The molecule has 3 aliphatic carbocycles. The zero-order valence-corrected chi connectivity index (χ0v) is 26.8. The maximum atomic E-state index is 13.7. The fourth-order valence-corrected chi connectivity index (χ4v) is 8.51. The number of rotatable bonds is 10. The van der Waals surface area contributed by atoms with Crippen LogP contribution in [-0.4, -0.2) is 22.6 Å². The number of carbonyl (C=O) groups excluding carboxylic acids is 2. The Morgan fingerprint density at radius 3 is 2.25 bits per heavy atom. The molecule has 5 nitrogen and oxygen atoms in total. The van der Waals surface area contributed by atoms with Crippen LogP contribution in [0.5, 0.6) is 0 Å². The van der Waals surface area contributed by atoms with Gasteiger partial charge in [0, 0.05) is 23.2 Å². The van der Waals surface area contributed by atoms with Crippen LogP contribution in [0.4, 0.5) is 0 Å². The minimum Gasteiger partial charge on any atom is -0.481 e. The largest absolute Gasteiger partial charge is 0.481 e. The smallest absolute Gasteiger partial charge is 0.303 e. The van der Waals surface area contributed by atoms with Crippen LogP contribution >= 0.6 is 0 Å². The van der Waals surface area contributed by atoms with Crippen LogP contribution in [0.3, 0.4) is 0 Å². The molecule has 222 valence electrons. The Labute approximate surface area is 242 Å². The summed E-state index contributed by atoms with van der Waals surface area (Å²) in [5.41, 5.74) is -0.494. The van der Waals surface area contributed by atoms with Gasteiger partial charge in [0.1, 0.15) is 6.07 Å². The Morgan fingerprint density at radius 2 is 1.70 bits per heavy atom. The molecule has 0 radical (unpaired) electrons. The van der Waals surface area contributed by atoms with Gasteiger partial charge in [0.15, 0.2) is 11.6 Å². The number of nitrogens with zero attached hydrogens (tertiary/aromatic N) is 1. The number of nitriles is 1. The summed E-state index contributed by atoms with van der Waals surface area (Å²) in [6, 6.07) is 2.17. The highest BCUT2D eigenvalue weighted by Crippen LogP contribution is 2.70. The topological polar surface area (TPSA) is 95.2 Å². The first-order valence-electron chi connectivity index (χ1n) is 15.4. The first kappa shape index (κ1) is 32.3. The minimum absolute atomic E-state index is 0.0199. The van der Waals surface area contributed by atoms with Gasteiger partial charge in [-0.2, -0.15) is 5.26 Å². The van der Waals surface area contributed by atoms with Gasteiger partial charge in [-0.3, -0.25) is 14.4 Å². The Balaban J connectivity index is 2.04. The second-order valence-electron chi connectivity index (χ2n) is 15.7. The summed E-state index contributed by atoms with van der Waals surface area (Å²) in [6.07, 6.45) is 11.0. The van der Waals surface area contributed by atoms with Crippen LogP contribution < -0.4 is 0 Å². The third kappa shape index (κ3) is 5.25. The molecule has 0 aromatic rings. The lowest BCUT2D eigenvalue weighted by Crippen LogP contribution is -2.59. The number of fused-ring (bicyclic) bond motifs is 3. The third-order valence-corrected chi connectivity index (χ3v) is 12.6. The van der Waals surface area contributed by atoms with E-state index in [2.05, 4.69) is 61.5 Å². The molecule has 0 aromatic heterocycles. The number of carboxylic acids is 1. The summed E-state index contributed by atoms with van der Waals surface area (Å²) < 4.78 is 0. The van der Waals surface area contributed by atoms with Gasteiger partial charge in [0.05, 0.1) is 5.57 Å². The molecule has 0 aromatic carbocycles. The summed E-state index contributed by atoms with van der Waals surface area (Å²) in [4.78, 5) is 38.5. The Bertz CT molecular complexity index is 1170. The fraction of sp³-hybridized carbons (Fsp3) is 0.771. The van der Waals surface area contributed by atoms with Crippen LogP contribution in [0.25, 0.3) is 0 Å². The van der Waals surface area contributed by atoms with Crippen LogP contribution in [0.2, 0.25) is 0 Å². The molecule has 40 heavy (non-hydrogen) atoms. The fourth-order valence-electron chi connectivity index (χ4n) is 8.51. The van der Waals surface area contributed by atoms with Crippen molar-refractivity contribution >= 4 is 17.5 Å². The lowest BCUT2D eigenvalue weighted by Gasteiger charge is -2.64. The van der Waals surface area contributed by atoms with E-state index in [1.54, 1.807) is 0 Å². The predicted molar refractivity (Wildman–Crippen MR) is 159 cm³/mol. The summed E-state index contributed by atoms with van der Waals surface area (Å²) in [7, 11) is 0. The summed E-state index contributed by atoms with van der Waals surface area (Å²) in [5, 5.41) is 19.4. The Hall–Kier alpha value is -2.22. The van der Waals surface area contributed by atoms with Gasteiger partial charge in [-0.05, 0) is 78.6 Å². The van der Waals surface area contributed by atoms with E-state index in [4.69, 9.17) is 0 Å². The van der Waals surface area contributed by atoms with Gasteiger partial charge >= 0.3 is 5.97 Å². The lowest BCUT2D eigenvalue weighted by molar-refractivity contribution is -0.137. The van der Waals surface area contributed by atoms with Gasteiger partial charge in [-0.25, -0.2) is 0 Å². The number of carboxylic acid groups (broad SMARTS) is 1. The molecule has 0 heterocycles. The summed E-state index contributed by atoms with van der Waals surface area (Å²) >= 11 is 0. The van der Waals surface area contributed by atoms with Gasteiger partial charge in [-0.1, -0.05) is 87.3 Å². The van der Waals surface area contributed by atoms with Crippen molar-refractivity contribution in [3.05, 3.63) is 23.3 Å². The first-order valence-corrected chi connectivity index (χ1v) is 15.4. The molecular weight excluding hydrogens is 498 g/mol. The van der Waals surface area contributed by atoms with E-state index in [9.17, 15) is 24.8 Å². The van der Waals surface area contributed by atoms with Crippen molar-refractivity contribution in [2.24, 2.45) is 44.3 Å². The zero-order valence-electron chi connectivity index (χ0n) is 26.8. The molecule has 0 aliphatic heterocycles. The second-order valence-corrected chi connectivity index (χ2v) is 15.7. The lowest BCUT2D eigenvalue weighted by atomic mass is 9.39. The van der Waals surface area contributed by atoms with Crippen LogP contribution in [0, 0.1) is 55.7 Å². The molecule has 1 unspecified atom stereocenters. The number of hydrogen-bond acceptors (Lipinski definition) is 4. The number of allylic oxidation sites excluding steroid dienone is 4. The standard InChI is InChI=1S/C35H53NO4/c1-11-30(3,4)16-17-32(7,14-13-28(38)39)18-19-34(9)23(2)25(37)20-27-33(8)21-24(22-36)29(40)31(5,6)26(33)12-15-35(27,34)10/h20-21,23,26H,11-19H2,1-10H3,(H,38,39)/t23?,26-,32-,33-,34+,35+/m0/s1. The van der Waals surface area contributed by atoms with Crippen molar-refractivity contribution in [1.29, 1.82) is 5.26 Å². The van der Waals surface area contributed by atoms with Crippen LogP contribution in [-0.2, 0) is 14.4 Å². The maximum Gasteiger partial charge on any atom is 0.303 e. The summed E-state index contributed by atoms with van der Waals surface area (Å²) in [5.74, 6) is -0.880. The predicted octanol–water partition coefficient (Wildman–Crippen LogP) is 8.49. The Morgan fingerprint density at radius 1 is 1.07 bits per heavy atom.